The van der Waals surface area contributed by atoms with Gasteiger partial charge in [-0.2, -0.15) is 5.10 Å². The minimum absolute atomic E-state index is 0.196. The molecule has 7 heteroatoms. The maximum Gasteiger partial charge on any atom is 0.191 e. The zero-order valence-electron chi connectivity index (χ0n) is 14.6. The van der Waals surface area contributed by atoms with Crippen LogP contribution < -0.4 is 10.6 Å². The summed E-state index contributed by atoms with van der Waals surface area (Å²) in [6.45, 7) is 6.26. The van der Waals surface area contributed by atoms with Gasteiger partial charge in [0.2, 0.25) is 0 Å². The predicted molar refractivity (Wildman–Crippen MR) is 90.1 cm³/mol. The van der Waals surface area contributed by atoms with Gasteiger partial charge < -0.3 is 20.3 Å². The zero-order valence-corrected chi connectivity index (χ0v) is 14.6. The van der Waals surface area contributed by atoms with Gasteiger partial charge in [-0.15, -0.1) is 0 Å². The standard InChI is InChI=1S/C15H30N6O/c1-7-16-15(19-12(2)11-22-6)17-9-14(20(3)4)13-8-18-21(5)10-13/h8,10,12,14H,7,9,11H2,1-6H3,(H2,16,17,19). The molecule has 22 heavy (non-hydrogen) atoms. The SMILES string of the molecule is CCNC(=NCC(c1cnn(C)c1)N(C)C)NC(C)COC. The number of hydrogen-bond acceptors (Lipinski definition) is 4. The van der Waals surface area contributed by atoms with E-state index < -0.39 is 0 Å². The van der Waals surface area contributed by atoms with Crippen molar-refractivity contribution in [2.75, 3.05) is 40.9 Å². The van der Waals surface area contributed by atoms with Gasteiger partial charge in [-0.25, -0.2) is 0 Å². The van der Waals surface area contributed by atoms with Crippen LogP contribution in [-0.4, -0.2) is 67.6 Å². The molecule has 0 aromatic carbocycles. The van der Waals surface area contributed by atoms with E-state index in [4.69, 9.17) is 9.73 Å². The van der Waals surface area contributed by atoms with Gasteiger partial charge in [-0.1, -0.05) is 0 Å². The highest BCUT2D eigenvalue weighted by atomic mass is 16.5. The van der Waals surface area contributed by atoms with Crippen molar-refractivity contribution >= 4 is 5.96 Å². The van der Waals surface area contributed by atoms with Gasteiger partial charge in [0, 0.05) is 38.5 Å². The Morgan fingerprint density at radius 1 is 1.50 bits per heavy atom. The Morgan fingerprint density at radius 3 is 2.73 bits per heavy atom. The minimum atomic E-state index is 0.196. The van der Waals surface area contributed by atoms with Crippen LogP contribution in [0.1, 0.15) is 25.5 Å². The number of aromatic nitrogens is 2. The molecule has 0 aliphatic heterocycles. The number of guanidine groups is 1. The fourth-order valence-electron chi connectivity index (χ4n) is 2.20. The lowest BCUT2D eigenvalue weighted by atomic mass is 10.1. The summed E-state index contributed by atoms with van der Waals surface area (Å²) in [5, 5.41) is 10.9. The molecule has 7 nitrogen and oxygen atoms in total. The summed E-state index contributed by atoms with van der Waals surface area (Å²) in [6.07, 6.45) is 3.93. The fourth-order valence-corrected chi connectivity index (χ4v) is 2.20. The van der Waals surface area contributed by atoms with Crippen LogP contribution in [-0.2, 0) is 11.8 Å². The highest BCUT2D eigenvalue weighted by Gasteiger charge is 2.16. The number of hydrogen-bond donors (Lipinski definition) is 2. The Morgan fingerprint density at radius 2 is 2.23 bits per heavy atom. The van der Waals surface area contributed by atoms with Crippen molar-refractivity contribution in [3.63, 3.8) is 0 Å². The molecule has 0 aliphatic rings. The third kappa shape index (κ3) is 6.03. The molecule has 2 unspecified atom stereocenters. The van der Waals surface area contributed by atoms with Crippen molar-refractivity contribution in [2.45, 2.75) is 25.9 Å². The van der Waals surface area contributed by atoms with E-state index in [2.05, 4.69) is 48.6 Å². The number of nitrogens with one attached hydrogen (secondary N) is 2. The number of aryl methyl sites for hydroxylation is 1. The lowest BCUT2D eigenvalue weighted by molar-refractivity contribution is 0.179. The Labute approximate surface area is 133 Å². The second-order valence-electron chi connectivity index (χ2n) is 5.65. The van der Waals surface area contributed by atoms with Crippen molar-refractivity contribution in [1.82, 2.24) is 25.3 Å². The lowest BCUT2D eigenvalue weighted by Gasteiger charge is -2.23. The first kappa shape index (κ1) is 18.4. The van der Waals surface area contributed by atoms with Crippen molar-refractivity contribution in [2.24, 2.45) is 12.0 Å². The van der Waals surface area contributed by atoms with Crippen LogP contribution in [0, 0.1) is 0 Å². The summed E-state index contributed by atoms with van der Waals surface area (Å²) < 4.78 is 6.97. The van der Waals surface area contributed by atoms with E-state index in [1.165, 1.54) is 0 Å². The highest BCUT2D eigenvalue weighted by molar-refractivity contribution is 5.80. The van der Waals surface area contributed by atoms with Gasteiger partial charge >= 0.3 is 0 Å². The van der Waals surface area contributed by atoms with E-state index in [1.807, 2.05) is 24.1 Å². The second kappa shape index (κ2) is 9.42. The predicted octanol–water partition coefficient (Wildman–Crippen LogP) is 0.613. The zero-order chi connectivity index (χ0) is 16.5. The van der Waals surface area contributed by atoms with E-state index in [0.717, 1.165) is 18.1 Å². The van der Waals surface area contributed by atoms with Gasteiger partial charge in [0.15, 0.2) is 5.96 Å². The quantitative estimate of drug-likeness (QED) is 0.544. The molecule has 0 amide bonds. The lowest BCUT2D eigenvalue weighted by Crippen LogP contribution is -2.44. The Hall–Kier alpha value is -1.60. The van der Waals surface area contributed by atoms with Crippen molar-refractivity contribution in [3.05, 3.63) is 18.0 Å². The maximum absolute atomic E-state index is 5.15. The molecule has 1 aromatic heterocycles. The third-order valence-corrected chi connectivity index (χ3v) is 3.30. The molecular formula is C15H30N6O. The molecule has 1 aromatic rings. The first-order chi connectivity index (χ1) is 10.5. The summed E-state index contributed by atoms with van der Waals surface area (Å²) in [4.78, 5) is 6.86. The molecule has 0 radical (unpaired) electrons. The molecule has 0 aliphatic carbocycles. The summed E-state index contributed by atoms with van der Waals surface area (Å²) in [5.74, 6) is 0.808. The minimum Gasteiger partial charge on any atom is -0.383 e. The van der Waals surface area contributed by atoms with E-state index in [9.17, 15) is 0 Å². The largest absolute Gasteiger partial charge is 0.383 e. The van der Waals surface area contributed by atoms with E-state index in [0.29, 0.717) is 13.2 Å². The summed E-state index contributed by atoms with van der Waals surface area (Å²) in [6, 6.07) is 0.404. The summed E-state index contributed by atoms with van der Waals surface area (Å²) >= 11 is 0. The van der Waals surface area contributed by atoms with E-state index >= 15 is 0 Å². The Kier molecular flexibility index (Phi) is 7.90. The normalized spacial score (nSPS) is 15.0. The van der Waals surface area contributed by atoms with Crippen LogP contribution in [0.5, 0.6) is 0 Å². The first-order valence-corrected chi connectivity index (χ1v) is 7.66. The van der Waals surface area contributed by atoms with Crippen LogP contribution in [0.3, 0.4) is 0 Å². The maximum atomic E-state index is 5.15. The molecule has 1 heterocycles. The van der Waals surface area contributed by atoms with Gasteiger partial charge in [0.1, 0.15) is 0 Å². The average Bonchev–Trinajstić information content (AvgIpc) is 2.85. The number of aliphatic imine (C=N–C) groups is 1. The number of nitrogens with zero attached hydrogens (tertiary/aromatic N) is 4. The Bertz CT molecular complexity index is 457. The number of likely N-dealkylation sites (N-methyl/N-ethyl adjacent to an activating group) is 1. The highest BCUT2D eigenvalue weighted by Crippen LogP contribution is 2.17. The van der Waals surface area contributed by atoms with Crippen LogP contribution >= 0.6 is 0 Å². The van der Waals surface area contributed by atoms with Crippen LogP contribution in [0.25, 0.3) is 0 Å². The van der Waals surface area contributed by atoms with Gasteiger partial charge in [0.25, 0.3) is 0 Å². The molecule has 126 valence electrons. The molecule has 0 saturated carbocycles. The van der Waals surface area contributed by atoms with Crippen molar-refractivity contribution < 1.29 is 4.74 Å². The molecule has 0 bridgehead atoms. The summed E-state index contributed by atoms with van der Waals surface area (Å²) in [5.41, 5.74) is 1.16. The molecule has 0 fully saturated rings. The monoisotopic (exact) mass is 310 g/mol. The molecule has 0 spiro atoms. The van der Waals surface area contributed by atoms with E-state index in [1.54, 1.807) is 7.11 Å². The molecular weight excluding hydrogens is 280 g/mol. The van der Waals surface area contributed by atoms with Gasteiger partial charge in [0.05, 0.1) is 25.4 Å². The van der Waals surface area contributed by atoms with Crippen LogP contribution in [0.15, 0.2) is 17.4 Å². The number of methoxy groups -OCH3 is 1. The van der Waals surface area contributed by atoms with Crippen molar-refractivity contribution in [1.29, 1.82) is 0 Å². The first-order valence-electron chi connectivity index (χ1n) is 7.66. The van der Waals surface area contributed by atoms with E-state index in [-0.39, 0.29) is 12.1 Å². The smallest absolute Gasteiger partial charge is 0.191 e. The fraction of sp³-hybridized carbons (Fsp3) is 0.733. The number of rotatable bonds is 8. The molecule has 2 N–H and O–H groups in total. The molecule has 2 atom stereocenters. The molecule has 0 saturated heterocycles. The summed E-state index contributed by atoms with van der Waals surface area (Å²) in [7, 11) is 7.74. The topological polar surface area (TPSA) is 66.7 Å². The Balaban J connectivity index is 2.76. The third-order valence-electron chi connectivity index (χ3n) is 3.30. The van der Waals surface area contributed by atoms with Gasteiger partial charge in [-0.05, 0) is 27.9 Å². The van der Waals surface area contributed by atoms with Crippen molar-refractivity contribution in [3.8, 4) is 0 Å². The number of ether oxygens (including phenoxy) is 1. The molecule has 1 rings (SSSR count). The van der Waals surface area contributed by atoms with Crippen LogP contribution in [0.2, 0.25) is 0 Å². The van der Waals surface area contributed by atoms with Gasteiger partial charge in [-0.3, -0.25) is 9.67 Å². The van der Waals surface area contributed by atoms with Crippen LogP contribution in [0.4, 0.5) is 0 Å². The second-order valence-corrected chi connectivity index (χ2v) is 5.65. The average molecular weight is 310 g/mol.